The largest absolute Gasteiger partial charge is 0.295 e. The van der Waals surface area contributed by atoms with Gasteiger partial charge in [0.05, 0.1) is 0 Å². The van der Waals surface area contributed by atoms with Gasteiger partial charge in [0.2, 0.25) is 0 Å². The van der Waals surface area contributed by atoms with Crippen molar-refractivity contribution in [3.8, 4) is 0 Å². The van der Waals surface area contributed by atoms with Crippen LogP contribution in [0.3, 0.4) is 0 Å². The summed E-state index contributed by atoms with van der Waals surface area (Å²) < 4.78 is 0. The summed E-state index contributed by atoms with van der Waals surface area (Å²) in [5, 5.41) is 0. The van der Waals surface area contributed by atoms with Gasteiger partial charge in [-0.1, -0.05) is 25.5 Å². The Balaban J connectivity index is 2.90. The molecule has 0 unspecified atom stereocenters. The first-order valence-electron chi connectivity index (χ1n) is 5.25. The van der Waals surface area contributed by atoms with Gasteiger partial charge in [-0.3, -0.25) is 4.79 Å². The third-order valence-electron chi connectivity index (χ3n) is 2.56. The lowest BCUT2D eigenvalue weighted by Crippen LogP contribution is -1.96. The Morgan fingerprint density at radius 2 is 2.07 bits per heavy atom. The molecule has 76 valence electrons. The van der Waals surface area contributed by atoms with Crippen molar-refractivity contribution in [3.63, 3.8) is 0 Å². The van der Waals surface area contributed by atoms with Crippen molar-refractivity contribution >= 4 is 5.78 Å². The quantitative estimate of drug-likeness (QED) is 0.664. The Morgan fingerprint density at radius 3 is 2.64 bits per heavy atom. The topological polar surface area (TPSA) is 17.1 Å². The summed E-state index contributed by atoms with van der Waals surface area (Å²) in [6.07, 6.45) is 3.48. The second kappa shape index (κ2) is 4.94. The molecule has 1 rings (SSSR count). The molecule has 14 heavy (non-hydrogen) atoms. The third-order valence-corrected chi connectivity index (χ3v) is 2.56. The number of aryl methyl sites for hydroxylation is 2. The minimum Gasteiger partial charge on any atom is -0.295 e. The summed E-state index contributed by atoms with van der Waals surface area (Å²) in [4.78, 5) is 11.2. The Hall–Kier alpha value is -1.11. The van der Waals surface area contributed by atoms with Gasteiger partial charge in [0, 0.05) is 5.56 Å². The van der Waals surface area contributed by atoms with E-state index < -0.39 is 0 Å². The fraction of sp³-hybridized carbons (Fsp3) is 0.462. The molecule has 0 bridgehead atoms. The zero-order valence-corrected chi connectivity index (χ0v) is 9.26. The van der Waals surface area contributed by atoms with E-state index in [1.807, 2.05) is 18.2 Å². The molecule has 1 nitrogen and oxygen atoms in total. The van der Waals surface area contributed by atoms with Gasteiger partial charge in [0.15, 0.2) is 5.78 Å². The molecule has 1 aromatic rings. The van der Waals surface area contributed by atoms with Gasteiger partial charge in [0.1, 0.15) is 0 Å². The molecule has 0 aliphatic heterocycles. The van der Waals surface area contributed by atoms with Crippen molar-refractivity contribution in [2.75, 3.05) is 0 Å². The highest BCUT2D eigenvalue weighted by Crippen LogP contribution is 2.14. The second-order valence-electron chi connectivity index (χ2n) is 3.80. The molecule has 0 N–H and O–H groups in total. The van der Waals surface area contributed by atoms with E-state index in [0.717, 1.165) is 12.0 Å². The molecule has 1 aromatic carbocycles. The van der Waals surface area contributed by atoms with E-state index in [0.29, 0.717) is 0 Å². The molecular weight excluding hydrogens is 172 g/mol. The van der Waals surface area contributed by atoms with Crippen molar-refractivity contribution in [1.82, 2.24) is 0 Å². The fourth-order valence-corrected chi connectivity index (χ4v) is 1.53. The van der Waals surface area contributed by atoms with Crippen LogP contribution in [0.4, 0.5) is 0 Å². The maximum Gasteiger partial charge on any atom is 0.159 e. The van der Waals surface area contributed by atoms with Gasteiger partial charge in [-0.2, -0.15) is 0 Å². The van der Waals surface area contributed by atoms with Crippen LogP contribution in [0.15, 0.2) is 18.2 Å². The van der Waals surface area contributed by atoms with E-state index in [4.69, 9.17) is 0 Å². The van der Waals surface area contributed by atoms with E-state index in [2.05, 4.69) is 13.8 Å². The first-order valence-corrected chi connectivity index (χ1v) is 5.25. The number of benzene rings is 1. The summed E-state index contributed by atoms with van der Waals surface area (Å²) >= 11 is 0. The average Bonchev–Trinajstić information content (AvgIpc) is 2.16. The lowest BCUT2D eigenvalue weighted by atomic mass is 9.99. The zero-order chi connectivity index (χ0) is 10.6. The van der Waals surface area contributed by atoms with Gasteiger partial charge in [-0.15, -0.1) is 0 Å². The molecule has 0 radical (unpaired) electrons. The molecule has 0 amide bonds. The first-order chi connectivity index (χ1) is 6.65. The Bertz CT molecular complexity index is 326. The number of unbranched alkanes of at least 4 members (excludes halogenated alkanes) is 1. The number of carbonyl (C=O) groups is 1. The van der Waals surface area contributed by atoms with Crippen LogP contribution in [0.2, 0.25) is 0 Å². The molecule has 0 aliphatic carbocycles. The summed E-state index contributed by atoms with van der Waals surface area (Å²) in [7, 11) is 0. The van der Waals surface area contributed by atoms with Gasteiger partial charge in [-0.25, -0.2) is 0 Å². The highest BCUT2D eigenvalue weighted by Gasteiger charge is 2.03. The lowest BCUT2D eigenvalue weighted by Gasteiger charge is -2.06. The van der Waals surface area contributed by atoms with E-state index >= 15 is 0 Å². The van der Waals surface area contributed by atoms with Crippen molar-refractivity contribution in [2.24, 2.45) is 0 Å². The number of ketones is 1. The van der Waals surface area contributed by atoms with Crippen molar-refractivity contribution in [1.29, 1.82) is 0 Å². The van der Waals surface area contributed by atoms with Crippen LogP contribution in [-0.2, 0) is 6.42 Å². The fourth-order valence-electron chi connectivity index (χ4n) is 1.53. The van der Waals surface area contributed by atoms with Gasteiger partial charge >= 0.3 is 0 Å². The molecule has 0 aliphatic rings. The number of hydrogen-bond donors (Lipinski definition) is 0. The van der Waals surface area contributed by atoms with Crippen LogP contribution >= 0.6 is 0 Å². The molecule has 0 saturated carbocycles. The molecule has 1 heteroatoms. The number of rotatable bonds is 4. The highest BCUT2D eigenvalue weighted by atomic mass is 16.1. The van der Waals surface area contributed by atoms with Crippen LogP contribution in [-0.4, -0.2) is 5.78 Å². The van der Waals surface area contributed by atoms with E-state index in [1.165, 1.54) is 24.0 Å². The molecule has 0 atom stereocenters. The summed E-state index contributed by atoms with van der Waals surface area (Å²) in [6.45, 7) is 5.91. The van der Waals surface area contributed by atoms with Gasteiger partial charge in [-0.05, 0) is 43.9 Å². The standard InChI is InChI=1S/C13H18O/c1-4-5-6-12-9-13(11(3)14)8-7-10(12)2/h7-9H,4-6H2,1-3H3. The Morgan fingerprint density at radius 1 is 1.36 bits per heavy atom. The third kappa shape index (κ3) is 2.69. The Kier molecular flexibility index (Phi) is 3.87. The predicted octanol–water partition coefficient (Wildman–Crippen LogP) is 3.54. The smallest absolute Gasteiger partial charge is 0.159 e. The molecule has 0 heterocycles. The van der Waals surface area contributed by atoms with E-state index in [9.17, 15) is 4.79 Å². The van der Waals surface area contributed by atoms with Crippen molar-refractivity contribution < 1.29 is 4.79 Å². The molecule has 0 fully saturated rings. The van der Waals surface area contributed by atoms with E-state index in [-0.39, 0.29) is 5.78 Å². The summed E-state index contributed by atoms with van der Waals surface area (Å²) in [6, 6.07) is 5.99. The maximum absolute atomic E-state index is 11.2. The van der Waals surface area contributed by atoms with Crippen LogP contribution in [0.25, 0.3) is 0 Å². The number of hydrogen-bond acceptors (Lipinski definition) is 1. The van der Waals surface area contributed by atoms with Crippen molar-refractivity contribution in [2.45, 2.75) is 40.0 Å². The van der Waals surface area contributed by atoms with Crippen LogP contribution in [0, 0.1) is 6.92 Å². The summed E-state index contributed by atoms with van der Waals surface area (Å²) in [5.41, 5.74) is 3.45. The van der Waals surface area contributed by atoms with Gasteiger partial charge in [0.25, 0.3) is 0 Å². The average molecular weight is 190 g/mol. The summed E-state index contributed by atoms with van der Waals surface area (Å²) in [5.74, 6) is 0.155. The molecular formula is C13H18O. The second-order valence-corrected chi connectivity index (χ2v) is 3.80. The molecule has 0 aromatic heterocycles. The monoisotopic (exact) mass is 190 g/mol. The zero-order valence-electron chi connectivity index (χ0n) is 9.26. The Labute approximate surface area is 86.1 Å². The normalized spacial score (nSPS) is 10.2. The first kappa shape index (κ1) is 11.0. The minimum absolute atomic E-state index is 0.155. The maximum atomic E-state index is 11.2. The number of carbonyl (C=O) groups excluding carboxylic acids is 1. The lowest BCUT2D eigenvalue weighted by molar-refractivity contribution is 0.101. The molecule has 0 saturated heterocycles. The van der Waals surface area contributed by atoms with Gasteiger partial charge < -0.3 is 0 Å². The van der Waals surface area contributed by atoms with Crippen LogP contribution < -0.4 is 0 Å². The van der Waals surface area contributed by atoms with Crippen LogP contribution in [0.1, 0.15) is 48.2 Å². The van der Waals surface area contributed by atoms with E-state index in [1.54, 1.807) is 6.92 Å². The van der Waals surface area contributed by atoms with Crippen LogP contribution in [0.5, 0.6) is 0 Å². The highest BCUT2D eigenvalue weighted by molar-refractivity contribution is 5.94. The minimum atomic E-state index is 0.155. The molecule has 0 spiro atoms. The number of Topliss-reactive ketones (excluding diaryl/α,β-unsaturated/α-hetero) is 1. The predicted molar refractivity (Wildman–Crippen MR) is 59.8 cm³/mol. The SMILES string of the molecule is CCCCc1cc(C(C)=O)ccc1C. The van der Waals surface area contributed by atoms with Crippen molar-refractivity contribution in [3.05, 3.63) is 34.9 Å².